The molecule has 14 heavy (non-hydrogen) atoms. The van der Waals surface area contributed by atoms with Gasteiger partial charge in [-0.2, -0.15) is 0 Å². The van der Waals surface area contributed by atoms with Crippen LogP contribution in [0.4, 0.5) is 5.69 Å². The van der Waals surface area contributed by atoms with Crippen LogP contribution in [0, 0.1) is 0 Å². The Kier molecular flexibility index (Phi) is 2.21. The maximum Gasteiger partial charge on any atom is 0.150 e. The van der Waals surface area contributed by atoms with Gasteiger partial charge in [-0.15, -0.1) is 0 Å². The molecule has 0 aromatic heterocycles. The highest BCUT2D eigenvalue weighted by Crippen LogP contribution is 2.40. The largest absolute Gasteiger partial charge is 0.494 e. The van der Waals surface area contributed by atoms with E-state index < -0.39 is 0 Å². The number of methoxy groups -OCH3 is 1. The molecule has 0 aliphatic carbocycles. The van der Waals surface area contributed by atoms with Crippen molar-refractivity contribution in [2.75, 3.05) is 19.5 Å². The third-order valence-electron chi connectivity index (χ3n) is 2.48. The van der Waals surface area contributed by atoms with Gasteiger partial charge in [-0.1, -0.05) is 0 Å². The van der Waals surface area contributed by atoms with Crippen molar-refractivity contribution < 1.29 is 9.47 Å². The predicted molar refractivity (Wildman–Crippen MR) is 54.4 cm³/mol. The van der Waals surface area contributed by atoms with E-state index in [4.69, 9.17) is 20.9 Å². The third-order valence-corrected chi connectivity index (χ3v) is 2.48. The van der Waals surface area contributed by atoms with Crippen molar-refractivity contribution in [2.24, 2.45) is 5.73 Å². The molecular formula is C10H14N2O2. The van der Waals surface area contributed by atoms with Crippen LogP contribution in [0.15, 0.2) is 12.1 Å². The summed E-state index contributed by atoms with van der Waals surface area (Å²) >= 11 is 0. The Morgan fingerprint density at radius 1 is 1.50 bits per heavy atom. The van der Waals surface area contributed by atoms with Crippen LogP contribution in [0.25, 0.3) is 0 Å². The predicted octanol–water partition coefficient (Wildman–Crippen LogP) is 1.06. The van der Waals surface area contributed by atoms with E-state index in [0.29, 0.717) is 23.8 Å². The lowest BCUT2D eigenvalue weighted by atomic mass is 10.0. The molecule has 0 fully saturated rings. The van der Waals surface area contributed by atoms with Gasteiger partial charge in [0.25, 0.3) is 0 Å². The summed E-state index contributed by atoms with van der Waals surface area (Å²) in [6.45, 7) is 0.617. The van der Waals surface area contributed by atoms with Gasteiger partial charge < -0.3 is 20.9 Å². The van der Waals surface area contributed by atoms with Crippen LogP contribution in [-0.2, 0) is 0 Å². The molecule has 0 spiro atoms. The van der Waals surface area contributed by atoms with E-state index in [1.807, 2.05) is 12.1 Å². The summed E-state index contributed by atoms with van der Waals surface area (Å²) in [5.74, 6) is 1.32. The molecule has 2 rings (SSSR count). The monoisotopic (exact) mass is 194 g/mol. The summed E-state index contributed by atoms with van der Waals surface area (Å²) in [5, 5.41) is 0. The second-order valence-corrected chi connectivity index (χ2v) is 3.34. The topological polar surface area (TPSA) is 70.5 Å². The number of nitrogens with two attached hydrogens (primary N) is 2. The average molecular weight is 194 g/mol. The standard InChI is InChI=1S/C10H14N2O2/c1-13-8-3-2-6-7(11)4-5-14-10(6)9(8)12/h2-3,7H,4-5,11-12H2,1H3/t7-/m1/s1. The van der Waals surface area contributed by atoms with Crippen LogP contribution in [0.3, 0.4) is 0 Å². The summed E-state index contributed by atoms with van der Waals surface area (Å²) in [4.78, 5) is 0. The van der Waals surface area contributed by atoms with E-state index in [1.165, 1.54) is 0 Å². The van der Waals surface area contributed by atoms with Crippen LogP contribution < -0.4 is 20.9 Å². The number of ether oxygens (including phenoxy) is 2. The van der Waals surface area contributed by atoms with Crippen LogP contribution >= 0.6 is 0 Å². The molecule has 1 aromatic carbocycles. The fourth-order valence-corrected chi connectivity index (χ4v) is 1.67. The minimum absolute atomic E-state index is 0.0203. The Hall–Kier alpha value is -1.42. The van der Waals surface area contributed by atoms with Crippen molar-refractivity contribution in [3.8, 4) is 11.5 Å². The lowest BCUT2D eigenvalue weighted by Gasteiger charge is -2.24. The maximum absolute atomic E-state index is 5.93. The molecular weight excluding hydrogens is 180 g/mol. The van der Waals surface area contributed by atoms with Crippen molar-refractivity contribution in [1.29, 1.82) is 0 Å². The van der Waals surface area contributed by atoms with Gasteiger partial charge in [-0.05, 0) is 12.1 Å². The Bertz CT molecular complexity index is 352. The highest BCUT2D eigenvalue weighted by molar-refractivity contribution is 5.66. The zero-order valence-electron chi connectivity index (χ0n) is 8.12. The first-order valence-corrected chi connectivity index (χ1v) is 4.58. The lowest BCUT2D eigenvalue weighted by molar-refractivity contribution is 0.269. The molecule has 0 amide bonds. The van der Waals surface area contributed by atoms with Gasteiger partial charge in [-0.25, -0.2) is 0 Å². The zero-order valence-corrected chi connectivity index (χ0v) is 8.12. The Labute approximate surface area is 82.8 Å². The van der Waals surface area contributed by atoms with Crippen molar-refractivity contribution in [1.82, 2.24) is 0 Å². The first kappa shape index (κ1) is 9.15. The molecule has 0 radical (unpaired) electrons. The molecule has 1 aliphatic rings. The summed E-state index contributed by atoms with van der Waals surface area (Å²) in [5.41, 5.74) is 13.3. The van der Waals surface area contributed by atoms with Crippen LogP contribution in [0.2, 0.25) is 0 Å². The van der Waals surface area contributed by atoms with Gasteiger partial charge >= 0.3 is 0 Å². The number of hydrogen-bond acceptors (Lipinski definition) is 4. The highest BCUT2D eigenvalue weighted by Gasteiger charge is 2.21. The molecule has 4 heteroatoms. The van der Waals surface area contributed by atoms with Gasteiger partial charge in [0.2, 0.25) is 0 Å². The minimum Gasteiger partial charge on any atom is -0.494 e. The molecule has 4 nitrogen and oxygen atoms in total. The normalized spacial score (nSPS) is 19.7. The number of rotatable bonds is 1. The second-order valence-electron chi connectivity index (χ2n) is 3.34. The molecule has 1 atom stereocenters. The average Bonchev–Trinajstić information content (AvgIpc) is 2.20. The fourth-order valence-electron chi connectivity index (χ4n) is 1.67. The molecule has 76 valence electrons. The maximum atomic E-state index is 5.93. The first-order chi connectivity index (χ1) is 6.74. The number of fused-ring (bicyclic) bond motifs is 1. The summed E-state index contributed by atoms with van der Waals surface area (Å²) in [6.07, 6.45) is 0.832. The van der Waals surface area contributed by atoms with E-state index in [2.05, 4.69) is 0 Å². The number of benzene rings is 1. The SMILES string of the molecule is COc1ccc2c(c1N)OCC[C@H]2N. The Morgan fingerprint density at radius 2 is 2.29 bits per heavy atom. The Balaban J connectivity index is 2.52. The molecule has 0 saturated carbocycles. The molecule has 0 saturated heterocycles. The summed E-state index contributed by atoms with van der Waals surface area (Å²) < 4.78 is 10.6. The van der Waals surface area contributed by atoms with E-state index in [0.717, 1.165) is 12.0 Å². The van der Waals surface area contributed by atoms with Crippen LogP contribution in [-0.4, -0.2) is 13.7 Å². The Morgan fingerprint density at radius 3 is 3.00 bits per heavy atom. The summed E-state index contributed by atoms with van der Waals surface area (Å²) in [6, 6.07) is 3.75. The number of anilines is 1. The van der Waals surface area contributed by atoms with Crippen molar-refractivity contribution in [3.63, 3.8) is 0 Å². The summed E-state index contributed by atoms with van der Waals surface area (Å²) in [7, 11) is 1.58. The fraction of sp³-hybridized carbons (Fsp3) is 0.400. The number of nitrogen functional groups attached to an aromatic ring is 1. The molecule has 1 aliphatic heterocycles. The quantitative estimate of drug-likeness (QED) is 0.656. The van der Waals surface area contributed by atoms with Gasteiger partial charge in [0.05, 0.1) is 13.7 Å². The van der Waals surface area contributed by atoms with E-state index in [-0.39, 0.29) is 6.04 Å². The molecule has 0 unspecified atom stereocenters. The first-order valence-electron chi connectivity index (χ1n) is 4.58. The second kappa shape index (κ2) is 3.38. The van der Waals surface area contributed by atoms with Gasteiger partial charge in [-0.3, -0.25) is 0 Å². The van der Waals surface area contributed by atoms with Gasteiger partial charge in [0, 0.05) is 18.0 Å². The molecule has 4 N–H and O–H groups in total. The van der Waals surface area contributed by atoms with Crippen molar-refractivity contribution >= 4 is 5.69 Å². The van der Waals surface area contributed by atoms with Crippen molar-refractivity contribution in [3.05, 3.63) is 17.7 Å². The lowest BCUT2D eigenvalue weighted by Crippen LogP contribution is -2.21. The minimum atomic E-state index is 0.0203. The van der Waals surface area contributed by atoms with Gasteiger partial charge in [0.15, 0.2) is 5.75 Å². The molecule has 0 bridgehead atoms. The molecule has 1 heterocycles. The van der Waals surface area contributed by atoms with Crippen LogP contribution in [0.5, 0.6) is 11.5 Å². The molecule has 1 aromatic rings. The zero-order chi connectivity index (χ0) is 10.1. The van der Waals surface area contributed by atoms with E-state index >= 15 is 0 Å². The number of hydrogen-bond donors (Lipinski definition) is 2. The van der Waals surface area contributed by atoms with E-state index in [9.17, 15) is 0 Å². The third kappa shape index (κ3) is 1.28. The van der Waals surface area contributed by atoms with Crippen LogP contribution in [0.1, 0.15) is 18.0 Å². The van der Waals surface area contributed by atoms with E-state index in [1.54, 1.807) is 7.11 Å². The smallest absolute Gasteiger partial charge is 0.150 e. The van der Waals surface area contributed by atoms with Crippen molar-refractivity contribution in [2.45, 2.75) is 12.5 Å². The van der Waals surface area contributed by atoms with Gasteiger partial charge in [0.1, 0.15) is 11.4 Å². The highest BCUT2D eigenvalue weighted by atomic mass is 16.5.